The largest absolute Gasteiger partial charge is 0.381 e. The van der Waals surface area contributed by atoms with Gasteiger partial charge in [0.1, 0.15) is 11.6 Å². The number of hydrogen-bond acceptors (Lipinski definition) is 5. The normalized spacial score (nSPS) is 22.6. The van der Waals surface area contributed by atoms with Crippen molar-refractivity contribution in [2.24, 2.45) is 17.8 Å². The van der Waals surface area contributed by atoms with E-state index in [1.54, 1.807) is 18.2 Å². The molecule has 2 aromatic carbocycles. The van der Waals surface area contributed by atoms with Gasteiger partial charge in [-0.3, -0.25) is 0 Å². The summed E-state index contributed by atoms with van der Waals surface area (Å²) in [4.78, 5) is 2.67. The molecule has 3 heterocycles. The Kier molecular flexibility index (Phi) is 7.14. The first-order valence-electron chi connectivity index (χ1n) is 13.9. The lowest BCUT2D eigenvalue weighted by molar-refractivity contribution is 0.0545. The maximum Gasteiger partial charge on any atom is 0.156 e. The molecule has 2 atom stereocenters. The zero-order valence-electron chi connectivity index (χ0n) is 22.2. The van der Waals surface area contributed by atoms with Crippen molar-refractivity contribution in [1.29, 1.82) is 0 Å². The van der Waals surface area contributed by atoms with Crippen molar-refractivity contribution < 1.29 is 13.5 Å². The topological polar surface area (TPSA) is 50.3 Å². The van der Waals surface area contributed by atoms with Gasteiger partial charge in [-0.1, -0.05) is 12.1 Å². The number of likely N-dealkylation sites (tertiary alicyclic amines) is 1. The molecule has 0 amide bonds. The first-order valence-corrected chi connectivity index (χ1v) is 13.9. The number of halogens is 2. The number of aromatic nitrogens is 2. The zero-order valence-corrected chi connectivity index (χ0v) is 22.2. The summed E-state index contributed by atoms with van der Waals surface area (Å²) in [5.41, 5.74) is 4.72. The predicted octanol–water partition coefficient (Wildman–Crippen LogP) is 6.25. The lowest BCUT2D eigenvalue weighted by atomic mass is 9.98. The highest BCUT2D eigenvalue weighted by atomic mass is 19.1. The number of aryl methyl sites for hydroxylation is 2. The average molecular weight is 519 g/mol. The van der Waals surface area contributed by atoms with E-state index in [-0.39, 0.29) is 11.6 Å². The molecule has 3 fully saturated rings. The quantitative estimate of drug-likeness (QED) is 0.418. The molecule has 38 heavy (non-hydrogen) atoms. The Bertz CT molecular complexity index is 1300. The van der Waals surface area contributed by atoms with Crippen LogP contribution in [0.15, 0.2) is 42.5 Å². The molecule has 1 aromatic heterocycles. The van der Waals surface area contributed by atoms with E-state index in [1.165, 1.54) is 50.7 Å². The molecule has 200 valence electrons. The van der Waals surface area contributed by atoms with E-state index in [4.69, 9.17) is 4.74 Å². The summed E-state index contributed by atoms with van der Waals surface area (Å²) in [5.74, 6) is 2.20. The number of benzene rings is 2. The van der Waals surface area contributed by atoms with Gasteiger partial charge in [0.05, 0.1) is 5.69 Å². The fraction of sp³-hybridized carbons (Fsp3) is 0.484. The number of ether oxygens (including phenoxy) is 1. The van der Waals surface area contributed by atoms with Crippen molar-refractivity contribution >= 4 is 5.82 Å². The second kappa shape index (κ2) is 10.7. The summed E-state index contributed by atoms with van der Waals surface area (Å²) >= 11 is 0. The third-order valence-corrected chi connectivity index (χ3v) is 8.78. The Hall–Kier alpha value is -2.90. The van der Waals surface area contributed by atoms with Gasteiger partial charge >= 0.3 is 0 Å². The summed E-state index contributed by atoms with van der Waals surface area (Å²) in [6.07, 6.45) is 4.57. The SMILES string of the molecule is Cc1ccc(F)cc1-c1cc(-c2cc(F)ccc2C)c(NC2C[C@@H]3CN(CC4CCOCC4)C[C@H]3C2)nn1. The molecule has 0 unspecified atom stereocenters. The van der Waals surface area contributed by atoms with Crippen LogP contribution in [0.4, 0.5) is 14.6 Å². The van der Waals surface area contributed by atoms with Crippen molar-refractivity contribution in [3.63, 3.8) is 0 Å². The van der Waals surface area contributed by atoms with Crippen LogP contribution in [-0.2, 0) is 4.74 Å². The van der Waals surface area contributed by atoms with Crippen LogP contribution >= 0.6 is 0 Å². The van der Waals surface area contributed by atoms with Gasteiger partial charge in [-0.15, -0.1) is 10.2 Å². The van der Waals surface area contributed by atoms with Crippen molar-refractivity contribution in [3.05, 3.63) is 65.2 Å². The van der Waals surface area contributed by atoms with E-state index >= 15 is 0 Å². The number of nitrogens with one attached hydrogen (secondary N) is 1. The number of rotatable bonds is 6. The van der Waals surface area contributed by atoms with Gasteiger partial charge in [-0.25, -0.2) is 8.78 Å². The van der Waals surface area contributed by atoms with E-state index in [0.717, 1.165) is 54.2 Å². The van der Waals surface area contributed by atoms with Crippen molar-refractivity contribution in [2.75, 3.05) is 38.2 Å². The van der Waals surface area contributed by atoms with E-state index < -0.39 is 0 Å². The van der Waals surface area contributed by atoms with E-state index in [0.29, 0.717) is 35.0 Å². The summed E-state index contributed by atoms with van der Waals surface area (Å²) in [7, 11) is 0. The van der Waals surface area contributed by atoms with E-state index in [9.17, 15) is 8.78 Å². The Balaban J connectivity index is 1.22. The van der Waals surface area contributed by atoms with Gasteiger partial charge in [0.15, 0.2) is 5.82 Å². The monoisotopic (exact) mass is 518 g/mol. The average Bonchev–Trinajstić information content (AvgIpc) is 3.46. The second-order valence-electron chi connectivity index (χ2n) is 11.5. The molecule has 5 nitrogen and oxygen atoms in total. The van der Waals surface area contributed by atoms with Gasteiger partial charge in [0.2, 0.25) is 0 Å². The summed E-state index contributed by atoms with van der Waals surface area (Å²) in [5, 5.41) is 12.8. The van der Waals surface area contributed by atoms with Crippen LogP contribution in [0.2, 0.25) is 0 Å². The molecule has 2 aliphatic heterocycles. The Morgan fingerprint density at radius 1 is 0.842 bits per heavy atom. The third kappa shape index (κ3) is 5.32. The highest BCUT2D eigenvalue weighted by molar-refractivity contribution is 5.81. The maximum atomic E-state index is 14.4. The second-order valence-corrected chi connectivity index (χ2v) is 11.5. The molecule has 0 bridgehead atoms. The van der Waals surface area contributed by atoms with Crippen molar-refractivity contribution in [1.82, 2.24) is 15.1 Å². The van der Waals surface area contributed by atoms with E-state index in [2.05, 4.69) is 20.4 Å². The Morgan fingerprint density at radius 3 is 2.16 bits per heavy atom. The molecular weight excluding hydrogens is 482 g/mol. The minimum atomic E-state index is -0.318. The molecule has 1 aliphatic carbocycles. The first kappa shape index (κ1) is 25.4. The molecule has 2 saturated heterocycles. The van der Waals surface area contributed by atoms with Gasteiger partial charge in [-0.05, 0) is 104 Å². The highest BCUT2D eigenvalue weighted by Gasteiger charge is 2.41. The fourth-order valence-corrected chi connectivity index (χ4v) is 6.74. The minimum Gasteiger partial charge on any atom is -0.381 e. The summed E-state index contributed by atoms with van der Waals surface area (Å²) in [6.45, 7) is 9.24. The van der Waals surface area contributed by atoms with Gasteiger partial charge < -0.3 is 15.0 Å². The maximum absolute atomic E-state index is 14.4. The molecule has 0 spiro atoms. The number of fused-ring (bicyclic) bond motifs is 1. The van der Waals surface area contributed by atoms with Gasteiger partial charge in [0.25, 0.3) is 0 Å². The third-order valence-electron chi connectivity index (χ3n) is 8.78. The molecule has 3 aliphatic rings. The summed E-state index contributed by atoms with van der Waals surface area (Å²) < 4.78 is 34.0. The molecule has 3 aromatic rings. The lowest BCUT2D eigenvalue weighted by Crippen LogP contribution is -2.32. The van der Waals surface area contributed by atoms with Crippen LogP contribution in [0.25, 0.3) is 22.4 Å². The zero-order chi connectivity index (χ0) is 26.2. The van der Waals surface area contributed by atoms with Crippen LogP contribution in [0.5, 0.6) is 0 Å². The minimum absolute atomic E-state index is 0.295. The van der Waals surface area contributed by atoms with Crippen LogP contribution in [0, 0.1) is 43.2 Å². The van der Waals surface area contributed by atoms with Crippen molar-refractivity contribution in [3.8, 4) is 22.4 Å². The summed E-state index contributed by atoms with van der Waals surface area (Å²) in [6, 6.07) is 11.7. The smallest absolute Gasteiger partial charge is 0.156 e. The predicted molar refractivity (Wildman–Crippen MR) is 146 cm³/mol. The molecule has 1 saturated carbocycles. The lowest BCUT2D eigenvalue weighted by Gasteiger charge is -2.28. The highest BCUT2D eigenvalue weighted by Crippen LogP contribution is 2.41. The molecule has 1 N–H and O–H groups in total. The molecular formula is C31H36F2N4O. The number of anilines is 1. The van der Waals surface area contributed by atoms with Gasteiger partial charge in [0, 0.05) is 50.0 Å². The first-order chi connectivity index (χ1) is 18.4. The fourth-order valence-electron chi connectivity index (χ4n) is 6.74. The number of nitrogens with zero attached hydrogens (tertiary/aromatic N) is 3. The number of hydrogen-bond donors (Lipinski definition) is 1. The Labute approximate surface area is 223 Å². The molecule has 0 radical (unpaired) electrons. The molecule has 7 heteroatoms. The van der Waals surface area contributed by atoms with Crippen LogP contribution in [0.1, 0.15) is 36.8 Å². The standard InChI is InChI=1S/C31H36F2N4O/c1-19-3-5-24(32)13-27(19)29-15-30(28-14-25(33)6-4-20(28)2)35-36-31(29)34-26-11-22-17-37(18-23(22)12-26)16-21-7-9-38-10-8-21/h3-6,13-15,21-23,26H,7-12,16-18H2,1-2H3,(H,34,36)/t22-,23-/m1/s1. The van der Waals surface area contributed by atoms with Crippen LogP contribution in [-0.4, -0.2) is 54.0 Å². The van der Waals surface area contributed by atoms with Crippen LogP contribution < -0.4 is 5.32 Å². The Morgan fingerprint density at radius 2 is 1.47 bits per heavy atom. The van der Waals surface area contributed by atoms with Crippen LogP contribution in [0.3, 0.4) is 0 Å². The molecule has 6 rings (SSSR count). The van der Waals surface area contributed by atoms with Gasteiger partial charge in [-0.2, -0.15) is 0 Å². The van der Waals surface area contributed by atoms with E-state index in [1.807, 2.05) is 19.9 Å². The van der Waals surface area contributed by atoms with Crippen molar-refractivity contribution in [2.45, 2.75) is 45.6 Å².